The number of nitrogens with one attached hydrogen (secondary N) is 4. The molecule has 4 N–H and O–H groups in total. The molecule has 0 fully saturated rings. The number of likely N-dealkylation sites (N-methyl/N-ethyl adjacent to an activating group) is 1. The van der Waals surface area contributed by atoms with Crippen LogP contribution in [0.1, 0.15) is 31.1 Å². The first-order valence-electron chi connectivity index (χ1n) is 9.77. The Bertz CT molecular complexity index is 837. The fraction of sp³-hybridized carbons (Fsp3) is 0.318. The van der Waals surface area contributed by atoms with Crippen LogP contribution in [-0.2, 0) is 9.59 Å². The second-order valence-corrected chi connectivity index (χ2v) is 7.09. The molecule has 0 aliphatic carbocycles. The maximum absolute atomic E-state index is 12.6. The van der Waals surface area contributed by atoms with Gasteiger partial charge in [0.25, 0.3) is 17.7 Å². The molecule has 0 aliphatic heterocycles. The second kappa shape index (κ2) is 11.0. The average molecular weight is 397 g/mol. The standard InChI is InChI=1S/C22H28N4O3/c1-4-26(14-20(27)23-16(2)3)15-21(28)25-19-13-9-8-12-18(19)22(29)24-17-10-6-5-7-11-17/h5-13,16H,4,14-15H2,1-3H3,(H,23,27)(H,24,29)(H,25,28)/p+1. The van der Waals surface area contributed by atoms with Crippen LogP contribution in [0.5, 0.6) is 0 Å². The van der Waals surface area contributed by atoms with Crippen LogP contribution in [0.3, 0.4) is 0 Å². The van der Waals surface area contributed by atoms with Crippen molar-refractivity contribution < 1.29 is 19.3 Å². The van der Waals surface area contributed by atoms with E-state index in [1.807, 2.05) is 39.0 Å². The number of anilines is 2. The highest BCUT2D eigenvalue weighted by atomic mass is 16.2. The number of quaternary nitrogens is 1. The molecule has 7 nitrogen and oxygen atoms in total. The van der Waals surface area contributed by atoms with Crippen molar-refractivity contribution in [2.45, 2.75) is 26.8 Å². The van der Waals surface area contributed by atoms with Crippen molar-refractivity contribution in [1.82, 2.24) is 5.32 Å². The number of benzene rings is 2. The molecular formula is C22H29N4O3+. The number of hydrogen-bond acceptors (Lipinski definition) is 3. The maximum atomic E-state index is 12.6. The maximum Gasteiger partial charge on any atom is 0.279 e. The number of carbonyl (C=O) groups is 3. The van der Waals surface area contributed by atoms with E-state index in [4.69, 9.17) is 0 Å². The van der Waals surface area contributed by atoms with E-state index >= 15 is 0 Å². The fourth-order valence-electron chi connectivity index (χ4n) is 2.84. The van der Waals surface area contributed by atoms with Crippen molar-refractivity contribution >= 4 is 29.1 Å². The van der Waals surface area contributed by atoms with Gasteiger partial charge in [-0.3, -0.25) is 14.4 Å². The Hall–Kier alpha value is -3.19. The number of rotatable bonds is 9. The van der Waals surface area contributed by atoms with Crippen molar-refractivity contribution in [2.75, 3.05) is 30.3 Å². The van der Waals surface area contributed by atoms with Gasteiger partial charge in [0.05, 0.1) is 17.8 Å². The zero-order valence-electron chi connectivity index (χ0n) is 17.1. The highest BCUT2D eigenvalue weighted by molar-refractivity contribution is 6.10. The summed E-state index contributed by atoms with van der Waals surface area (Å²) >= 11 is 0. The Morgan fingerprint density at radius 3 is 2.14 bits per heavy atom. The monoisotopic (exact) mass is 397 g/mol. The lowest BCUT2D eigenvalue weighted by molar-refractivity contribution is -0.881. The number of amides is 3. The molecule has 1 atom stereocenters. The van der Waals surface area contributed by atoms with Crippen LogP contribution in [0.15, 0.2) is 54.6 Å². The summed E-state index contributed by atoms with van der Waals surface area (Å²) in [5.41, 5.74) is 1.49. The van der Waals surface area contributed by atoms with Gasteiger partial charge < -0.3 is 20.9 Å². The van der Waals surface area contributed by atoms with Crippen molar-refractivity contribution in [3.63, 3.8) is 0 Å². The largest absolute Gasteiger partial charge is 0.349 e. The van der Waals surface area contributed by atoms with E-state index in [0.29, 0.717) is 23.5 Å². The van der Waals surface area contributed by atoms with E-state index in [0.717, 1.165) is 4.90 Å². The van der Waals surface area contributed by atoms with Gasteiger partial charge >= 0.3 is 0 Å². The third kappa shape index (κ3) is 7.38. The first kappa shape index (κ1) is 22.1. The number of hydrogen-bond donors (Lipinski definition) is 4. The Balaban J connectivity index is 2.01. The van der Waals surface area contributed by atoms with Crippen LogP contribution in [0, 0.1) is 0 Å². The topological polar surface area (TPSA) is 91.7 Å². The first-order chi connectivity index (χ1) is 13.9. The second-order valence-electron chi connectivity index (χ2n) is 7.09. The molecular weight excluding hydrogens is 368 g/mol. The van der Waals surface area contributed by atoms with Gasteiger partial charge in [0, 0.05) is 11.7 Å². The molecule has 7 heteroatoms. The third-order valence-electron chi connectivity index (χ3n) is 4.25. The zero-order chi connectivity index (χ0) is 21.2. The molecule has 154 valence electrons. The third-order valence-corrected chi connectivity index (χ3v) is 4.25. The summed E-state index contributed by atoms with van der Waals surface area (Å²) in [6.07, 6.45) is 0. The SMILES string of the molecule is CC[NH+](CC(=O)Nc1ccccc1C(=O)Nc1ccccc1)CC(=O)NC(C)C. The predicted octanol–water partition coefficient (Wildman–Crippen LogP) is 1.31. The summed E-state index contributed by atoms with van der Waals surface area (Å²) in [6.45, 7) is 6.71. The Morgan fingerprint density at radius 2 is 1.48 bits per heavy atom. The van der Waals surface area contributed by atoms with Crippen LogP contribution in [0.2, 0.25) is 0 Å². The van der Waals surface area contributed by atoms with Crippen molar-refractivity contribution in [1.29, 1.82) is 0 Å². The van der Waals surface area contributed by atoms with E-state index in [1.165, 1.54) is 0 Å². The lowest BCUT2D eigenvalue weighted by Crippen LogP contribution is -3.14. The fourth-order valence-corrected chi connectivity index (χ4v) is 2.84. The molecule has 2 rings (SSSR count). The summed E-state index contributed by atoms with van der Waals surface area (Å²) in [5, 5.41) is 8.46. The van der Waals surface area contributed by atoms with Crippen LogP contribution in [0.4, 0.5) is 11.4 Å². The summed E-state index contributed by atoms with van der Waals surface area (Å²) in [7, 11) is 0. The highest BCUT2D eigenvalue weighted by Crippen LogP contribution is 2.17. The molecule has 0 aromatic heterocycles. The lowest BCUT2D eigenvalue weighted by atomic mass is 10.1. The van der Waals surface area contributed by atoms with Gasteiger partial charge in [-0.15, -0.1) is 0 Å². The number of carbonyl (C=O) groups excluding carboxylic acids is 3. The van der Waals surface area contributed by atoms with Crippen molar-refractivity contribution in [3.05, 3.63) is 60.2 Å². The Morgan fingerprint density at radius 1 is 0.862 bits per heavy atom. The van der Waals surface area contributed by atoms with E-state index < -0.39 is 0 Å². The first-order valence-corrected chi connectivity index (χ1v) is 9.77. The van der Waals surface area contributed by atoms with Crippen LogP contribution in [-0.4, -0.2) is 43.4 Å². The van der Waals surface area contributed by atoms with E-state index in [1.54, 1.807) is 36.4 Å². The van der Waals surface area contributed by atoms with Gasteiger partial charge in [-0.2, -0.15) is 0 Å². The molecule has 0 saturated carbocycles. The molecule has 3 amide bonds. The lowest BCUT2D eigenvalue weighted by Gasteiger charge is -2.18. The molecule has 0 aliphatic rings. The molecule has 0 spiro atoms. The van der Waals surface area contributed by atoms with E-state index in [2.05, 4.69) is 16.0 Å². The zero-order valence-corrected chi connectivity index (χ0v) is 17.1. The summed E-state index contributed by atoms with van der Waals surface area (Å²) in [5.74, 6) is -0.644. The molecule has 2 aromatic rings. The van der Waals surface area contributed by atoms with Gasteiger partial charge in [0.1, 0.15) is 0 Å². The minimum Gasteiger partial charge on any atom is -0.349 e. The summed E-state index contributed by atoms with van der Waals surface area (Å²) in [6, 6.07) is 16.0. The Labute approximate surface area is 171 Å². The Kier molecular flexibility index (Phi) is 8.36. The molecule has 1 unspecified atom stereocenters. The highest BCUT2D eigenvalue weighted by Gasteiger charge is 2.19. The minimum absolute atomic E-state index is 0.0597. The molecule has 29 heavy (non-hydrogen) atoms. The van der Waals surface area contributed by atoms with Crippen LogP contribution < -0.4 is 20.9 Å². The van der Waals surface area contributed by atoms with Crippen molar-refractivity contribution in [2.24, 2.45) is 0 Å². The summed E-state index contributed by atoms with van der Waals surface area (Å²) in [4.78, 5) is 37.9. The van der Waals surface area contributed by atoms with E-state index in [9.17, 15) is 14.4 Å². The predicted molar refractivity (Wildman–Crippen MR) is 114 cm³/mol. The summed E-state index contributed by atoms with van der Waals surface area (Å²) < 4.78 is 0. The van der Waals surface area contributed by atoms with Gasteiger partial charge in [-0.05, 0) is 45.0 Å². The van der Waals surface area contributed by atoms with Gasteiger partial charge in [-0.1, -0.05) is 30.3 Å². The minimum atomic E-state index is -0.303. The van der Waals surface area contributed by atoms with E-state index in [-0.39, 0.29) is 36.9 Å². The molecule has 0 bridgehead atoms. The van der Waals surface area contributed by atoms with Gasteiger partial charge in [0.15, 0.2) is 13.1 Å². The van der Waals surface area contributed by atoms with Crippen molar-refractivity contribution in [3.8, 4) is 0 Å². The molecule has 0 heterocycles. The van der Waals surface area contributed by atoms with Crippen LogP contribution in [0.25, 0.3) is 0 Å². The average Bonchev–Trinajstić information content (AvgIpc) is 2.68. The smallest absolute Gasteiger partial charge is 0.279 e. The van der Waals surface area contributed by atoms with Gasteiger partial charge in [0.2, 0.25) is 0 Å². The normalized spacial score (nSPS) is 11.6. The molecule has 0 saturated heterocycles. The van der Waals surface area contributed by atoms with Gasteiger partial charge in [-0.25, -0.2) is 0 Å². The van der Waals surface area contributed by atoms with Crippen LogP contribution >= 0.6 is 0 Å². The number of para-hydroxylation sites is 2. The molecule has 2 aromatic carbocycles. The quantitative estimate of drug-likeness (QED) is 0.514. The molecule has 0 radical (unpaired) electrons.